The third-order valence-electron chi connectivity index (χ3n) is 5.94. The molecule has 2 atom stereocenters. The van der Waals surface area contributed by atoms with Gasteiger partial charge in [-0.15, -0.1) is 0 Å². The van der Waals surface area contributed by atoms with E-state index in [-0.39, 0.29) is 10.9 Å². The van der Waals surface area contributed by atoms with Crippen LogP contribution in [-0.2, 0) is 10.0 Å². The molecule has 32 heavy (non-hydrogen) atoms. The number of hydrogen-bond acceptors (Lipinski definition) is 7. The molecule has 0 spiro atoms. The van der Waals surface area contributed by atoms with Gasteiger partial charge in [0.2, 0.25) is 0 Å². The van der Waals surface area contributed by atoms with Crippen molar-refractivity contribution in [3.05, 3.63) is 54.6 Å². The van der Waals surface area contributed by atoms with E-state index in [0.29, 0.717) is 35.5 Å². The van der Waals surface area contributed by atoms with Crippen molar-refractivity contribution in [2.75, 3.05) is 19.6 Å². The molecule has 10 heteroatoms. The molecule has 0 bridgehead atoms. The molecular formula is C22H22N6O3S. The standard InChI is InChI=1S/C22H22N6O3S/c1-15(29)21-25-19-13-24-22-18(20(19)28(21)16-7-10-26(14-16)12-9-23)8-11-27(22)32(30,31)17-5-3-2-4-6-17/h2-6,8,11,13,15-16,29H,7,10,12,14H2,1H3/t15-,16?/m1/s1. The van der Waals surface area contributed by atoms with Crippen molar-refractivity contribution < 1.29 is 13.5 Å². The predicted molar refractivity (Wildman–Crippen MR) is 118 cm³/mol. The van der Waals surface area contributed by atoms with Gasteiger partial charge in [-0.3, -0.25) is 4.90 Å². The van der Waals surface area contributed by atoms with Crippen LogP contribution in [0.2, 0.25) is 0 Å². The van der Waals surface area contributed by atoms with Crippen LogP contribution in [0.1, 0.15) is 31.3 Å². The molecule has 0 saturated carbocycles. The van der Waals surface area contributed by atoms with Crippen LogP contribution < -0.4 is 0 Å². The van der Waals surface area contributed by atoms with Crippen molar-refractivity contribution >= 4 is 32.1 Å². The van der Waals surface area contributed by atoms with Crippen LogP contribution in [0.4, 0.5) is 0 Å². The lowest BCUT2D eigenvalue weighted by Crippen LogP contribution is -2.22. The van der Waals surface area contributed by atoms with Gasteiger partial charge in [0.1, 0.15) is 17.4 Å². The van der Waals surface area contributed by atoms with Crippen LogP contribution in [0.5, 0.6) is 0 Å². The van der Waals surface area contributed by atoms with E-state index in [1.807, 2.05) is 4.57 Å². The van der Waals surface area contributed by atoms with Gasteiger partial charge in [-0.25, -0.2) is 22.4 Å². The van der Waals surface area contributed by atoms with Crippen LogP contribution in [0.25, 0.3) is 22.1 Å². The molecule has 1 N–H and O–H groups in total. The van der Waals surface area contributed by atoms with Gasteiger partial charge in [-0.2, -0.15) is 5.26 Å². The zero-order valence-corrected chi connectivity index (χ0v) is 18.3. The lowest BCUT2D eigenvalue weighted by atomic mass is 10.2. The van der Waals surface area contributed by atoms with Gasteiger partial charge >= 0.3 is 0 Å². The summed E-state index contributed by atoms with van der Waals surface area (Å²) in [6, 6.07) is 12.2. The van der Waals surface area contributed by atoms with Gasteiger partial charge in [-0.1, -0.05) is 18.2 Å². The molecule has 0 amide bonds. The molecule has 0 aliphatic carbocycles. The normalized spacial score (nSPS) is 18.3. The second-order valence-electron chi connectivity index (χ2n) is 8.01. The average Bonchev–Trinajstić information content (AvgIpc) is 3.50. The summed E-state index contributed by atoms with van der Waals surface area (Å²) in [5.41, 5.74) is 1.66. The van der Waals surface area contributed by atoms with Crippen molar-refractivity contribution in [2.24, 2.45) is 0 Å². The number of fused-ring (bicyclic) bond motifs is 3. The zero-order chi connectivity index (χ0) is 22.5. The summed E-state index contributed by atoms with van der Waals surface area (Å²) >= 11 is 0. The van der Waals surface area contributed by atoms with Crippen LogP contribution in [0, 0.1) is 11.3 Å². The highest BCUT2D eigenvalue weighted by Crippen LogP contribution is 2.34. The second-order valence-corrected chi connectivity index (χ2v) is 9.83. The van der Waals surface area contributed by atoms with E-state index in [1.165, 1.54) is 10.2 Å². The SMILES string of the molecule is C[C@@H](O)c1nc2cnc3c(ccn3S(=O)(=O)c3ccccc3)c2n1C1CCN(CC#N)C1. The average molecular weight is 451 g/mol. The van der Waals surface area contributed by atoms with Gasteiger partial charge in [0, 0.05) is 30.7 Å². The maximum atomic E-state index is 13.2. The summed E-state index contributed by atoms with van der Waals surface area (Å²) in [4.78, 5) is 11.3. The Bertz CT molecular complexity index is 1450. The maximum Gasteiger partial charge on any atom is 0.269 e. The van der Waals surface area contributed by atoms with E-state index < -0.39 is 16.1 Å². The number of hydrogen-bond donors (Lipinski definition) is 1. The lowest BCUT2D eigenvalue weighted by Gasteiger charge is -2.19. The summed E-state index contributed by atoms with van der Waals surface area (Å²) in [5, 5.41) is 20.1. The molecule has 1 unspecified atom stereocenters. The molecule has 1 aliphatic heterocycles. The summed E-state index contributed by atoms with van der Waals surface area (Å²) in [6.45, 7) is 3.44. The first-order valence-electron chi connectivity index (χ1n) is 10.4. The summed E-state index contributed by atoms with van der Waals surface area (Å²) in [6.07, 6.45) is 3.06. The molecule has 1 aromatic carbocycles. The van der Waals surface area contributed by atoms with E-state index in [2.05, 4.69) is 20.9 Å². The molecule has 0 radical (unpaired) electrons. The summed E-state index contributed by atoms with van der Waals surface area (Å²) < 4.78 is 29.7. The van der Waals surface area contributed by atoms with Crippen molar-refractivity contribution in [3.8, 4) is 6.07 Å². The summed E-state index contributed by atoms with van der Waals surface area (Å²) in [7, 11) is -3.82. The summed E-state index contributed by atoms with van der Waals surface area (Å²) in [5.74, 6) is 0.511. The zero-order valence-electron chi connectivity index (χ0n) is 17.5. The van der Waals surface area contributed by atoms with Crippen LogP contribution in [0.15, 0.2) is 53.7 Å². The van der Waals surface area contributed by atoms with Crippen LogP contribution in [-0.4, -0.2) is 56.6 Å². The highest BCUT2D eigenvalue weighted by molar-refractivity contribution is 7.90. The number of rotatable bonds is 5. The number of benzene rings is 1. The Hall–Kier alpha value is -3.26. The largest absolute Gasteiger partial charge is 0.385 e. The molecule has 4 heterocycles. The predicted octanol–water partition coefficient (Wildman–Crippen LogP) is 2.45. The minimum atomic E-state index is -3.82. The second kappa shape index (κ2) is 7.70. The van der Waals surface area contributed by atoms with E-state index in [1.54, 1.807) is 49.5 Å². The third kappa shape index (κ3) is 3.17. The van der Waals surface area contributed by atoms with Crippen LogP contribution >= 0.6 is 0 Å². The molecule has 164 valence electrons. The fourth-order valence-corrected chi connectivity index (χ4v) is 5.82. The number of aromatic nitrogens is 4. The Labute approximate surface area is 185 Å². The van der Waals surface area contributed by atoms with E-state index in [4.69, 9.17) is 5.26 Å². The first kappa shape index (κ1) is 20.6. The first-order valence-corrected chi connectivity index (χ1v) is 11.8. The number of nitrogens with zero attached hydrogens (tertiary/aromatic N) is 6. The Morgan fingerprint density at radius 1 is 1.28 bits per heavy atom. The quantitative estimate of drug-likeness (QED) is 0.464. The minimum absolute atomic E-state index is 0.0117. The Morgan fingerprint density at radius 2 is 2.06 bits per heavy atom. The number of aliphatic hydroxyl groups excluding tert-OH is 1. The van der Waals surface area contributed by atoms with Gasteiger partial charge in [0.05, 0.1) is 29.2 Å². The van der Waals surface area contributed by atoms with E-state index in [0.717, 1.165) is 18.5 Å². The molecule has 3 aromatic heterocycles. The molecular weight excluding hydrogens is 428 g/mol. The smallest absolute Gasteiger partial charge is 0.269 e. The van der Waals surface area contributed by atoms with E-state index in [9.17, 15) is 13.5 Å². The molecule has 1 fully saturated rings. The third-order valence-corrected chi connectivity index (χ3v) is 7.62. The van der Waals surface area contributed by atoms with Gasteiger partial charge in [-0.05, 0) is 31.5 Å². The molecule has 4 aromatic rings. The lowest BCUT2D eigenvalue weighted by molar-refractivity contribution is 0.181. The van der Waals surface area contributed by atoms with Crippen molar-refractivity contribution in [1.82, 2.24) is 23.4 Å². The Balaban J connectivity index is 1.72. The number of nitriles is 1. The topological polar surface area (TPSA) is 117 Å². The highest BCUT2D eigenvalue weighted by Gasteiger charge is 2.30. The monoisotopic (exact) mass is 450 g/mol. The number of aliphatic hydroxyl groups is 1. The van der Waals surface area contributed by atoms with Gasteiger partial charge in [0.25, 0.3) is 10.0 Å². The molecule has 9 nitrogen and oxygen atoms in total. The molecule has 1 aliphatic rings. The fraction of sp³-hybridized carbons (Fsp3) is 0.318. The van der Waals surface area contributed by atoms with Crippen LogP contribution in [0.3, 0.4) is 0 Å². The minimum Gasteiger partial charge on any atom is -0.385 e. The van der Waals surface area contributed by atoms with Crippen molar-refractivity contribution in [3.63, 3.8) is 0 Å². The number of imidazole rings is 1. The number of pyridine rings is 1. The highest BCUT2D eigenvalue weighted by atomic mass is 32.2. The fourth-order valence-electron chi connectivity index (χ4n) is 4.50. The van der Waals surface area contributed by atoms with Gasteiger partial charge < -0.3 is 9.67 Å². The molecule has 1 saturated heterocycles. The van der Waals surface area contributed by atoms with Gasteiger partial charge in [0.15, 0.2) is 5.65 Å². The first-order chi connectivity index (χ1) is 15.4. The molecule has 5 rings (SSSR count). The van der Waals surface area contributed by atoms with Crippen molar-refractivity contribution in [2.45, 2.75) is 30.4 Å². The van der Waals surface area contributed by atoms with Crippen molar-refractivity contribution in [1.29, 1.82) is 5.26 Å². The Morgan fingerprint density at radius 3 is 2.78 bits per heavy atom. The van der Waals surface area contributed by atoms with E-state index >= 15 is 0 Å². The number of likely N-dealkylation sites (tertiary alicyclic amines) is 1. The maximum absolute atomic E-state index is 13.2. The Kier molecular flexibility index (Phi) is 4.97.